The Morgan fingerprint density at radius 2 is 1.94 bits per heavy atom. The van der Waals surface area contributed by atoms with Gasteiger partial charge in [-0.05, 0) is 42.9 Å². The fourth-order valence-electron chi connectivity index (χ4n) is 2.26. The summed E-state index contributed by atoms with van der Waals surface area (Å²) in [4.78, 5) is 0. The molecule has 1 aliphatic carbocycles. The Kier molecular flexibility index (Phi) is 3.06. The highest BCUT2D eigenvalue weighted by molar-refractivity contribution is 5.45. The fourth-order valence-corrected chi connectivity index (χ4v) is 2.26. The smallest absolute Gasteiger partial charge is 0.160 e. The summed E-state index contributed by atoms with van der Waals surface area (Å²) in [7, 11) is 3.32. The molecule has 3 heteroatoms. The molecule has 0 radical (unpaired) electrons. The zero-order chi connectivity index (χ0) is 11.7. The molecule has 3 atom stereocenters. The third-order valence-electron chi connectivity index (χ3n) is 3.35. The highest BCUT2D eigenvalue weighted by atomic mass is 16.5. The van der Waals surface area contributed by atoms with E-state index in [1.54, 1.807) is 14.2 Å². The second kappa shape index (κ2) is 4.34. The van der Waals surface area contributed by atoms with Crippen LogP contribution in [0.1, 0.15) is 24.8 Å². The van der Waals surface area contributed by atoms with Gasteiger partial charge in [-0.25, -0.2) is 0 Å². The normalized spacial score (nSPS) is 25.0. The molecule has 0 saturated heterocycles. The lowest BCUT2D eigenvalue weighted by Gasteiger charge is -2.10. The number of nitrogens with two attached hydrogens (primary N) is 1. The van der Waals surface area contributed by atoms with Crippen molar-refractivity contribution in [1.82, 2.24) is 0 Å². The van der Waals surface area contributed by atoms with Gasteiger partial charge in [0, 0.05) is 6.04 Å². The minimum Gasteiger partial charge on any atom is -0.493 e. The van der Waals surface area contributed by atoms with Gasteiger partial charge in [0.05, 0.1) is 14.2 Å². The lowest BCUT2D eigenvalue weighted by molar-refractivity contribution is 0.354. The zero-order valence-corrected chi connectivity index (χ0v) is 10.1. The molecular weight excluding hydrogens is 202 g/mol. The van der Waals surface area contributed by atoms with Gasteiger partial charge in [0.2, 0.25) is 0 Å². The van der Waals surface area contributed by atoms with Crippen LogP contribution in [0, 0.1) is 5.92 Å². The van der Waals surface area contributed by atoms with Crippen LogP contribution in [-0.4, -0.2) is 20.3 Å². The largest absolute Gasteiger partial charge is 0.493 e. The first-order chi connectivity index (χ1) is 7.67. The Bertz CT molecular complexity index is 376. The summed E-state index contributed by atoms with van der Waals surface area (Å²) in [6.07, 6.45) is 1.19. The first-order valence-electron chi connectivity index (χ1n) is 5.65. The summed E-state index contributed by atoms with van der Waals surface area (Å²) in [5.74, 6) is 2.80. The van der Waals surface area contributed by atoms with E-state index in [0.29, 0.717) is 11.8 Å². The summed E-state index contributed by atoms with van der Waals surface area (Å²) in [6, 6.07) is 6.41. The maximum absolute atomic E-state index is 5.90. The molecule has 2 N–H and O–H groups in total. The van der Waals surface area contributed by atoms with E-state index in [0.717, 1.165) is 11.5 Å². The molecule has 1 fully saturated rings. The Labute approximate surface area is 96.5 Å². The molecule has 2 rings (SSSR count). The number of hydrogen-bond donors (Lipinski definition) is 1. The molecule has 1 saturated carbocycles. The zero-order valence-electron chi connectivity index (χ0n) is 10.1. The van der Waals surface area contributed by atoms with E-state index in [1.165, 1.54) is 12.0 Å². The third-order valence-corrected chi connectivity index (χ3v) is 3.35. The molecule has 0 unspecified atom stereocenters. The SMILES string of the molecule is COc1ccc([C@@H]2C[C@@H]2[C@@H](C)N)cc1OC. The van der Waals surface area contributed by atoms with E-state index < -0.39 is 0 Å². The standard InChI is InChI=1S/C13H19NO2/c1-8(14)10-7-11(10)9-4-5-12(15-2)13(6-9)16-3/h4-6,8,10-11H,7,14H2,1-3H3/t8-,10-,11+/m1/s1. The van der Waals surface area contributed by atoms with Crippen LogP contribution in [0.2, 0.25) is 0 Å². The number of ether oxygens (including phenoxy) is 2. The summed E-state index contributed by atoms with van der Waals surface area (Å²) in [5.41, 5.74) is 7.20. The van der Waals surface area contributed by atoms with E-state index in [2.05, 4.69) is 19.1 Å². The monoisotopic (exact) mass is 221 g/mol. The van der Waals surface area contributed by atoms with Gasteiger partial charge in [0.1, 0.15) is 0 Å². The second-order valence-electron chi connectivity index (χ2n) is 4.48. The lowest BCUT2D eigenvalue weighted by atomic mass is 10.1. The van der Waals surface area contributed by atoms with E-state index in [-0.39, 0.29) is 6.04 Å². The van der Waals surface area contributed by atoms with Crippen molar-refractivity contribution in [3.05, 3.63) is 23.8 Å². The Morgan fingerprint density at radius 3 is 2.44 bits per heavy atom. The van der Waals surface area contributed by atoms with Crippen LogP contribution in [0.15, 0.2) is 18.2 Å². The molecule has 88 valence electrons. The second-order valence-corrected chi connectivity index (χ2v) is 4.48. The molecule has 0 bridgehead atoms. The van der Waals surface area contributed by atoms with Crippen molar-refractivity contribution in [3.8, 4) is 11.5 Å². The number of rotatable bonds is 4. The minimum absolute atomic E-state index is 0.276. The first-order valence-corrected chi connectivity index (χ1v) is 5.65. The van der Waals surface area contributed by atoms with Gasteiger partial charge in [-0.3, -0.25) is 0 Å². The molecule has 0 aliphatic heterocycles. The van der Waals surface area contributed by atoms with Gasteiger partial charge < -0.3 is 15.2 Å². The number of benzene rings is 1. The summed E-state index contributed by atoms with van der Waals surface area (Å²) in [5, 5.41) is 0. The van der Waals surface area contributed by atoms with Crippen molar-refractivity contribution in [2.75, 3.05) is 14.2 Å². The summed E-state index contributed by atoms with van der Waals surface area (Å²) in [6.45, 7) is 2.07. The summed E-state index contributed by atoms with van der Waals surface area (Å²) >= 11 is 0. The Morgan fingerprint density at radius 1 is 1.25 bits per heavy atom. The summed E-state index contributed by atoms with van der Waals surface area (Å²) < 4.78 is 10.5. The predicted octanol–water partition coefficient (Wildman–Crippen LogP) is 2.15. The van der Waals surface area contributed by atoms with Crippen molar-refractivity contribution >= 4 is 0 Å². The molecule has 0 spiro atoms. The van der Waals surface area contributed by atoms with Crippen molar-refractivity contribution in [2.45, 2.75) is 25.3 Å². The quantitative estimate of drug-likeness (QED) is 0.847. The molecule has 1 aromatic rings. The maximum atomic E-state index is 5.90. The van der Waals surface area contributed by atoms with E-state index in [1.807, 2.05) is 6.07 Å². The third kappa shape index (κ3) is 2.00. The Hall–Kier alpha value is -1.22. The van der Waals surface area contributed by atoms with Crippen LogP contribution < -0.4 is 15.2 Å². The molecule has 16 heavy (non-hydrogen) atoms. The highest BCUT2D eigenvalue weighted by Crippen LogP contribution is 2.50. The van der Waals surface area contributed by atoms with Crippen LogP contribution in [0.3, 0.4) is 0 Å². The molecule has 1 aromatic carbocycles. The van der Waals surface area contributed by atoms with Gasteiger partial charge in [0.15, 0.2) is 11.5 Å². The Balaban J connectivity index is 2.18. The molecule has 0 heterocycles. The topological polar surface area (TPSA) is 44.5 Å². The number of methoxy groups -OCH3 is 2. The molecule has 0 amide bonds. The van der Waals surface area contributed by atoms with Crippen LogP contribution in [0.25, 0.3) is 0 Å². The molecule has 1 aliphatic rings. The van der Waals surface area contributed by atoms with Crippen LogP contribution in [0.5, 0.6) is 11.5 Å². The average molecular weight is 221 g/mol. The van der Waals surface area contributed by atoms with Gasteiger partial charge >= 0.3 is 0 Å². The van der Waals surface area contributed by atoms with Gasteiger partial charge in [-0.2, -0.15) is 0 Å². The molecule has 0 aromatic heterocycles. The average Bonchev–Trinajstić information content (AvgIpc) is 3.08. The van der Waals surface area contributed by atoms with Crippen molar-refractivity contribution in [2.24, 2.45) is 11.7 Å². The predicted molar refractivity (Wildman–Crippen MR) is 64.0 cm³/mol. The lowest BCUT2D eigenvalue weighted by Crippen LogP contribution is -2.17. The first kappa shape index (κ1) is 11.3. The van der Waals surface area contributed by atoms with Crippen LogP contribution >= 0.6 is 0 Å². The fraction of sp³-hybridized carbons (Fsp3) is 0.538. The number of hydrogen-bond acceptors (Lipinski definition) is 3. The van der Waals surface area contributed by atoms with Gasteiger partial charge in [-0.15, -0.1) is 0 Å². The van der Waals surface area contributed by atoms with Gasteiger partial charge in [0.25, 0.3) is 0 Å². The highest BCUT2D eigenvalue weighted by Gasteiger charge is 2.40. The molecular formula is C13H19NO2. The van der Waals surface area contributed by atoms with Crippen molar-refractivity contribution < 1.29 is 9.47 Å². The maximum Gasteiger partial charge on any atom is 0.160 e. The van der Waals surface area contributed by atoms with Gasteiger partial charge in [-0.1, -0.05) is 6.07 Å². The van der Waals surface area contributed by atoms with E-state index in [4.69, 9.17) is 15.2 Å². The van der Waals surface area contributed by atoms with Crippen molar-refractivity contribution in [3.63, 3.8) is 0 Å². The van der Waals surface area contributed by atoms with Crippen LogP contribution in [0.4, 0.5) is 0 Å². The van der Waals surface area contributed by atoms with E-state index in [9.17, 15) is 0 Å². The van der Waals surface area contributed by atoms with Crippen molar-refractivity contribution in [1.29, 1.82) is 0 Å². The van der Waals surface area contributed by atoms with Crippen LogP contribution in [-0.2, 0) is 0 Å². The minimum atomic E-state index is 0.276. The van der Waals surface area contributed by atoms with E-state index >= 15 is 0 Å². The molecule has 3 nitrogen and oxygen atoms in total.